The van der Waals surface area contributed by atoms with Gasteiger partial charge in [-0.1, -0.05) is 18.5 Å². The maximum absolute atomic E-state index is 6.31. The van der Waals surface area contributed by atoms with E-state index in [1.165, 1.54) is 4.88 Å². The third-order valence-corrected chi connectivity index (χ3v) is 4.31. The lowest BCUT2D eigenvalue weighted by Gasteiger charge is -2.19. The minimum absolute atomic E-state index is 0.212. The van der Waals surface area contributed by atoms with Crippen molar-refractivity contribution in [2.45, 2.75) is 46.3 Å². The van der Waals surface area contributed by atoms with Crippen molar-refractivity contribution >= 4 is 22.9 Å². The highest BCUT2D eigenvalue weighted by atomic mass is 35.5. The van der Waals surface area contributed by atoms with Crippen molar-refractivity contribution in [3.63, 3.8) is 0 Å². The predicted octanol–water partition coefficient (Wildman–Crippen LogP) is 4.18. The first-order valence-electron chi connectivity index (χ1n) is 6.14. The van der Waals surface area contributed by atoms with Crippen LogP contribution >= 0.6 is 22.9 Å². The molecule has 0 aromatic carbocycles. The Morgan fingerprint density at radius 3 is 2.65 bits per heavy atom. The Morgan fingerprint density at radius 1 is 1.47 bits per heavy atom. The molecule has 0 bridgehead atoms. The topological polar surface area (TPSA) is 21.3 Å². The number of hydrogen-bond acceptors (Lipinski definition) is 3. The van der Waals surface area contributed by atoms with E-state index in [-0.39, 0.29) is 12.1 Å². The highest BCUT2D eigenvalue weighted by molar-refractivity contribution is 7.10. The van der Waals surface area contributed by atoms with E-state index in [1.54, 1.807) is 11.3 Å². The molecule has 4 heteroatoms. The summed E-state index contributed by atoms with van der Waals surface area (Å²) in [5.41, 5.74) is 1.15. The van der Waals surface area contributed by atoms with E-state index in [0.29, 0.717) is 6.61 Å². The van der Waals surface area contributed by atoms with Gasteiger partial charge in [-0.05, 0) is 44.7 Å². The minimum atomic E-state index is 0.212. The van der Waals surface area contributed by atoms with E-state index in [4.69, 9.17) is 16.3 Å². The fourth-order valence-corrected chi connectivity index (χ4v) is 2.91. The molecule has 1 N–H and O–H groups in total. The summed E-state index contributed by atoms with van der Waals surface area (Å²) in [5, 5.41) is 6.49. The SMILES string of the molecule is CCCNC(COC(C)C)c1scc(C)c1Cl. The zero-order valence-electron chi connectivity index (χ0n) is 11.0. The summed E-state index contributed by atoms with van der Waals surface area (Å²) in [6.45, 7) is 9.98. The summed E-state index contributed by atoms with van der Waals surface area (Å²) < 4.78 is 5.71. The quantitative estimate of drug-likeness (QED) is 0.806. The van der Waals surface area contributed by atoms with E-state index in [2.05, 4.69) is 31.5 Å². The van der Waals surface area contributed by atoms with Crippen LogP contribution in [-0.2, 0) is 4.74 Å². The van der Waals surface area contributed by atoms with Crippen molar-refractivity contribution < 1.29 is 4.74 Å². The summed E-state index contributed by atoms with van der Waals surface area (Å²) in [6, 6.07) is 0.212. The average molecular weight is 276 g/mol. The molecule has 0 saturated heterocycles. The number of hydrogen-bond donors (Lipinski definition) is 1. The molecule has 0 aliphatic heterocycles. The van der Waals surface area contributed by atoms with Crippen molar-refractivity contribution in [1.29, 1.82) is 0 Å². The van der Waals surface area contributed by atoms with Gasteiger partial charge < -0.3 is 10.1 Å². The van der Waals surface area contributed by atoms with Gasteiger partial charge in [-0.2, -0.15) is 0 Å². The van der Waals surface area contributed by atoms with Gasteiger partial charge >= 0.3 is 0 Å². The fraction of sp³-hybridized carbons (Fsp3) is 0.692. The molecule has 0 radical (unpaired) electrons. The molecule has 0 amide bonds. The summed E-state index contributed by atoms with van der Waals surface area (Å²) in [6.07, 6.45) is 1.36. The van der Waals surface area contributed by atoms with Crippen LogP contribution in [-0.4, -0.2) is 19.3 Å². The molecule has 1 aromatic rings. The summed E-state index contributed by atoms with van der Waals surface area (Å²) >= 11 is 8.02. The van der Waals surface area contributed by atoms with Crippen molar-refractivity contribution in [2.24, 2.45) is 0 Å². The lowest BCUT2D eigenvalue weighted by molar-refractivity contribution is 0.0618. The Balaban J connectivity index is 2.71. The highest BCUT2D eigenvalue weighted by Crippen LogP contribution is 2.32. The van der Waals surface area contributed by atoms with Crippen molar-refractivity contribution in [3.05, 3.63) is 20.8 Å². The molecule has 1 atom stereocenters. The second kappa shape index (κ2) is 7.37. The number of rotatable bonds is 7. The molecule has 0 saturated carbocycles. The number of halogens is 1. The average Bonchev–Trinajstić information content (AvgIpc) is 2.60. The van der Waals surface area contributed by atoms with Gasteiger partial charge in [0.1, 0.15) is 0 Å². The highest BCUT2D eigenvalue weighted by Gasteiger charge is 2.18. The minimum Gasteiger partial charge on any atom is -0.377 e. The first kappa shape index (κ1) is 15.0. The van der Waals surface area contributed by atoms with Gasteiger partial charge in [-0.3, -0.25) is 0 Å². The second-order valence-electron chi connectivity index (χ2n) is 4.49. The first-order chi connectivity index (χ1) is 8.06. The van der Waals surface area contributed by atoms with E-state index < -0.39 is 0 Å². The molecular formula is C13H22ClNOS. The normalized spacial score (nSPS) is 13.3. The van der Waals surface area contributed by atoms with Gasteiger partial charge in [0.2, 0.25) is 0 Å². The van der Waals surface area contributed by atoms with E-state index >= 15 is 0 Å². The first-order valence-corrected chi connectivity index (χ1v) is 7.40. The molecule has 98 valence electrons. The van der Waals surface area contributed by atoms with Gasteiger partial charge in [0, 0.05) is 4.88 Å². The lowest BCUT2D eigenvalue weighted by atomic mass is 10.2. The summed E-state index contributed by atoms with van der Waals surface area (Å²) in [7, 11) is 0. The van der Waals surface area contributed by atoms with Gasteiger partial charge in [-0.25, -0.2) is 0 Å². The maximum Gasteiger partial charge on any atom is 0.0673 e. The molecule has 0 aliphatic carbocycles. The number of nitrogens with one attached hydrogen (secondary N) is 1. The van der Waals surface area contributed by atoms with Crippen molar-refractivity contribution in [2.75, 3.05) is 13.2 Å². The maximum atomic E-state index is 6.31. The second-order valence-corrected chi connectivity index (χ2v) is 5.77. The van der Waals surface area contributed by atoms with Crippen LogP contribution < -0.4 is 5.32 Å². The van der Waals surface area contributed by atoms with Crippen LogP contribution in [0.25, 0.3) is 0 Å². The van der Waals surface area contributed by atoms with Crippen LogP contribution in [0.2, 0.25) is 5.02 Å². The molecule has 0 fully saturated rings. The summed E-state index contributed by atoms with van der Waals surface area (Å²) in [5.74, 6) is 0. The van der Waals surface area contributed by atoms with Crippen molar-refractivity contribution in [3.8, 4) is 0 Å². The van der Waals surface area contributed by atoms with Crippen LogP contribution in [0.4, 0.5) is 0 Å². The van der Waals surface area contributed by atoms with Gasteiger partial charge in [-0.15, -0.1) is 11.3 Å². The van der Waals surface area contributed by atoms with Crippen LogP contribution in [0.3, 0.4) is 0 Å². The number of thiophene rings is 1. The zero-order valence-corrected chi connectivity index (χ0v) is 12.6. The Morgan fingerprint density at radius 2 is 2.18 bits per heavy atom. The van der Waals surface area contributed by atoms with Crippen molar-refractivity contribution in [1.82, 2.24) is 5.32 Å². The van der Waals surface area contributed by atoms with Crippen LogP contribution in [0.15, 0.2) is 5.38 Å². The molecule has 1 aromatic heterocycles. The molecule has 1 heterocycles. The Bertz CT molecular complexity index is 338. The Hall–Kier alpha value is -0.0900. The van der Waals surface area contributed by atoms with Crippen LogP contribution in [0, 0.1) is 6.92 Å². The molecule has 17 heavy (non-hydrogen) atoms. The number of aryl methyl sites for hydroxylation is 1. The molecule has 1 rings (SSSR count). The predicted molar refractivity (Wildman–Crippen MR) is 76.2 cm³/mol. The molecule has 0 spiro atoms. The Kier molecular flexibility index (Phi) is 6.49. The third kappa shape index (κ3) is 4.59. The van der Waals surface area contributed by atoms with E-state index in [9.17, 15) is 0 Å². The largest absolute Gasteiger partial charge is 0.377 e. The van der Waals surface area contributed by atoms with Crippen LogP contribution in [0.5, 0.6) is 0 Å². The van der Waals surface area contributed by atoms with E-state index in [1.807, 2.05) is 6.92 Å². The molecule has 1 unspecified atom stereocenters. The Labute approximate surface area is 113 Å². The molecular weight excluding hydrogens is 254 g/mol. The summed E-state index contributed by atoms with van der Waals surface area (Å²) in [4.78, 5) is 1.19. The van der Waals surface area contributed by atoms with Gasteiger partial charge in [0.05, 0.1) is 23.8 Å². The lowest BCUT2D eigenvalue weighted by Crippen LogP contribution is -2.27. The standard InChI is InChI=1S/C13H22ClNOS/c1-5-6-15-11(7-16-9(2)3)13-12(14)10(4)8-17-13/h8-9,11,15H,5-7H2,1-4H3. The fourth-order valence-electron chi connectivity index (χ4n) is 1.52. The zero-order chi connectivity index (χ0) is 12.8. The smallest absolute Gasteiger partial charge is 0.0673 e. The monoisotopic (exact) mass is 275 g/mol. The van der Waals surface area contributed by atoms with Gasteiger partial charge in [0.25, 0.3) is 0 Å². The number of ether oxygens (including phenoxy) is 1. The molecule has 0 aliphatic rings. The van der Waals surface area contributed by atoms with Gasteiger partial charge in [0.15, 0.2) is 0 Å². The molecule has 2 nitrogen and oxygen atoms in total. The van der Waals surface area contributed by atoms with E-state index in [0.717, 1.165) is 23.6 Å². The van der Waals surface area contributed by atoms with Crippen LogP contribution in [0.1, 0.15) is 43.7 Å². The third-order valence-electron chi connectivity index (χ3n) is 2.48.